The summed E-state index contributed by atoms with van der Waals surface area (Å²) in [6.07, 6.45) is -11.6. The number of carboxylic acid groups (broad SMARTS) is 1. The molecule has 2 aliphatic carbocycles. The molecule has 2 aromatic carbocycles. The van der Waals surface area contributed by atoms with Gasteiger partial charge < -0.3 is 49.6 Å². The number of alkyl halides is 1. The van der Waals surface area contributed by atoms with Crippen LogP contribution in [-0.4, -0.2) is 110 Å². The van der Waals surface area contributed by atoms with E-state index in [4.69, 9.17) is 24.1 Å². The number of benzene rings is 2. The van der Waals surface area contributed by atoms with Gasteiger partial charge in [0.1, 0.15) is 35.1 Å². The van der Waals surface area contributed by atoms with Crippen molar-refractivity contribution in [2.75, 3.05) is 13.7 Å². The number of carboxylic acids is 1. The first-order valence-corrected chi connectivity index (χ1v) is 15.9. The van der Waals surface area contributed by atoms with E-state index >= 15 is 4.39 Å². The Morgan fingerprint density at radius 2 is 1.66 bits per heavy atom. The smallest absolute Gasteiger partial charge is 0.306 e. The third-order valence-electron chi connectivity index (χ3n) is 9.30. The molecule has 0 spiro atoms. The number of ketones is 3. The number of carbonyl (C=O) groups excluding carboxylic acids is 4. The molecule has 2 aromatic rings. The maximum Gasteiger partial charge on any atom is 0.306 e. The molecule has 50 heavy (non-hydrogen) atoms. The molecule has 5 unspecified atom stereocenters. The van der Waals surface area contributed by atoms with Gasteiger partial charge in [0.25, 0.3) is 0 Å². The fourth-order valence-electron chi connectivity index (χ4n) is 6.59. The molecule has 0 amide bonds. The Bertz CT molecular complexity index is 1720. The van der Waals surface area contributed by atoms with Gasteiger partial charge in [-0.2, -0.15) is 0 Å². The van der Waals surface area contributed by atoms with E-state index in [2.05, 4.69) is 0 Å². The molecule has 1 saturated heterocycles. The van der Waals surface area contributed by atoms with E-state index in [1.807, 2.05) is 0 Å². The van der Waals surface area contributed by atoms with Crippen molar-refractivity contribution in [2.45, 2.75) is 94.3 Å². The molecule has 0 bridgehead atoms. The summed E-state index contributed by atoms with van der Waals surface area (Å²) < 4.78 is 36.8. The van der Waals surface area contributed by atoms with E-state index in [-0.39, 0.29) is 41.7 Å². The fraction of sp³-hybridized carbons (Fsp3) is 0.500. The van der Waals surface area contributed by atoms with Gasteiger partial charge in [0.2, 0.25) is 11.6 Å². The predicted molar refractivity (Wildman–Crippen MR) is 165 cm³/mol. The second-order valence-corrected chi connectivity index (χ2v) is 12.6. The van der Waals surface area contributed by atoms with Gasteiger partial charge in [0.15, 0.2) is 24.9 Å². The van der Waals surface area contributed by atoms with Crippen molar-refractivity contribution >= 4 is 29.3 Å². The predicted octanol–water partition coefficient (Wildman–Crippen LogP) is 1.57. The molecule has 15 nitrogen and oxygen atoms in total. The van der Waals surface area contributed by atoms with Crippen LogP contribution >= 0.6 is 0 Å². The van der Waals surface area contributed by atoms with Crippen molar-refractivity contribution in [1.82, 2.24) is 0 Å². The Morgan fingerprint density at radius 1 is 0.980 bits per heavy atom. The molecular weight excluding hydrogens is 667 g/mol. The highest BCUT2D eigenvalue weighted by Crippen LogP contribution is 2.52. The zero-order valence-electron chi connectivity index (χ0n) is 27.1. The SMILES string of the molecule is COc1cccc2c1C(=O)c1c(O)c3c(c(O)c1C2=O)C[C@@](O)(C(=O)COC(=O)CCCCCC(=O)O)C[C@@H]3OC1OC(C)C(O)C(O)C1F. The first-order chi connectivity index (χ1) is 23.6. The summed E-state index contributed by atoms with van der Waals surface area (Å²) in [6.45, 7) is 0.364. The molecule has 0 radical (unpaired) electrons. The molecule has 0 saturated carbocycles. The van der Waals surface area contributed by atoms with Gasteiger partial charge in [-0.1, -0.05) is 18.6 Å². The molecule has 16 heteroatoms. The van der Waals surface area contributed by atoms with E-state index in [1.165, 1.54) is 32.2 Å². The number of aliphatic hydroxyl groups is 3. The molecule has 6 N–H and O–H groups in total. The van der Waals surface area contributed by atoms with E-state index in [9.17, 15) is 49.5 Å². The van der Waals surface area contributed by atoms with Crippen molar-refractivity contribution in [3.63, 3.8) is 0 Å². The minimum absolute atomic E-state index is 0.00287. The van der Waals surface area contributed by atoms with Crippen molar-refractivity contribution < 1.29 is 77.9 Å². The number of aromatic hydroxyl groups is 2. The largest absolute Gasteiger partial charge is 0.507 e. The van der Waals surface area contributed by atoms with Gasteiger partial charge in [-0.25, -0.2) is 4.39 Å². The summed E-state index contributed by atoms with van der Waals surface area (Å²) in [7, 11) is 1.26. The summed E-state index contributed by atoms with van der Waals surface area (Å²) in [5, 5.41) is 64.0. The topological polar surface area (TPSA) is 244 Å². The molecule has 1 aliphatic heterocycles. The number of phenolic OH excluding ortho intramolecular Hbond substituents is 2. The van der Waals surface area contributed by atoms with Crippen LogP contribution in [0.15, 0.2) is 18.2 Å². The number of esters is 1. The van der Waals surface area contributed by atoms with Gasteiger partial charge in [-0.15, -0.1) is 0 Å². The third kappa shape index (κ3) is 6.68. The van der Waals surface area contributed by atoms with E-state index in [0.29, 0.717) is 12.8 Å². The van der Waals surface area contributed by atoms with Crippen LogP contribution < -0.4 is 4.74 Å². The van der Waals surface area contributed by atoms with Crippen LogP contribution in [-0.2, 0) is 35.0 Å². The summed E-state index contributed by atoms with van der Waals surface area (Å²) in [5.41, 5.74) is -4.90. The minimum Gasteiger partial charge on any atom is -0.507 e. The third-order valence-corrected chi connectivity index (χ3v) is 9.30. The second kappa shape index (κ2) is 14.4. The first kappa shape index (κ1) is 36.8. The van der Waals surface area contributed by atoms with E-state index in [1.54, 1.807) is 0 Å². The van der Waals surface area contributed by atoms with Gasteiger partial charge in [0.05, 0.1) is 36.0 Å². The van der Waals surface area contributed by atoms with Gasteiger partial charge in [0, 0.05) is 42.4 Å². The number of hydrogen-bond acceptors (Lipinski definition) is 14. The first-order valence-electron chi connectivity index (χ1n) is 15.9. The number of hydrogen-bond donors (Lipinski definition) is 6. The van der Waals surface area contributed by atoms with Crippen molar-refractivity contribution in [1.29, 1.82) is 0 Å². The quantitative estimate of drug-likeness (QED) is 0.0890. The molecule has 1 fully saturated rings. The summed E-state index contributed by atoms with van der Waals surface area (Å²) in [6, 6.07) is 4.16. The van der Waals surface area contributed by atoms with Gasteiger partial charge in [-0.05, 0) is 25.8 Å². The maximum absolute atomic E-state index is 15.3. The van der Waals surface area contributed by atoms with Crippen LogP contribution in [0.5, 0.6) is 17.2 Å². The highest BCUT2D eigenvalue weighted by atomic mass is 19.1. The average Bonchev–Trinajstić information content (AvgIpc) is 3.08. The van der Waals surface area contributed by atoms with Crippen LogP contribution in [0.3, 0.4) is 0 Å². The van der Waals surface area contributed by atoms with Gasteiger partial charge >= 0.3 is 11.9 Å². The number of aliphatic carboxylic acids is 1. The van der Waals surface area contributed by atoms with Crippen LogP contribution in [0.25, 0.3) is 0 Å². The van der Waals surface area contributed by atoms with E-state index < -0.39 is 119 Å². The Labute approximate surface area is 284 Å². The Morgan fingerprint density at radius 3 is 2.34 bits per heavy atom. The Balaban J connectivity index is 1.51. The lowest BCUT2D eigenvalue weighted by Crippen LogP contribution is -2.56. The fourth-order valence-corrected chi connectivity index (χ4v) is 6.59. The van der Waals surface area contributed by atoms with Crippen molar-refractivity contribution in [2.24, 2.45) is 0 Å². The number of Topliss-reactive ketones (excluding diaryl/α,β-unsaturated/α-hetero) is 1. The maximum atomic E-state index is 15.3. The zero-order valence-corrected chi connectivity index (χ0v) is 27.1. The van der Waals surface area contributed by atoms with Crippen LogP contribution in [0.1, 0.15) is 94.5 Å². The Hall–Kier alpha value is -4.48. The molecule has 0 aromatic heterocycles. The van der Waals surface area contributed by atoms with Crippen molar-refractivity contribution in [3.05, 3.63) is 51.6 Å². The average molecular weight is 705 g/mol. The number of carbonyl (C=O) groups is 5. The molecule has 5 rings (SSSR count). The Kier molecular flexibility index (Phi) is 10.6. The molecule has 3 aliphatic rings. The highest BCUT2D eigenvalue weighted by molar-refractivity contribution is 6.31. The number of methoxy groups -OCH3 is 1. The van der Waals surface area contributed by atoms with Gasteiger partial charge in [-0.3, -0.25) is 24.0 Å². The second-order valence-electron chi connectivity index (χ2n) is 12.6. The zero-order chi connectivity index (χ0) is 36.7. The molecule has 1 heterocycles. The number of phenols is 2. The summed E-state index contributed by atoms with van der Waals surface area (Å²) in [5.74, 6) is -6.41. The summed E-state index contributed by atoms with van der Waals surface area (Å²) >= 11 is 0. The molecule has 270 valence electrons. The van der Waals surface area contributed by atoms with E-state index in [0.717, 1.165) is 0 Å². The molecular formula is C34H37FO15. The number of halogens is 1. The number of aliphatic hydroxyl groups excluding tert-OH is 2. The lowest BCUT2D eigenvalue weighted by atomic mass is 9.72. The monoisotopic (exact) mass is 704 g/mol. The van der Waals surface area contributed by atoms with Crippen LogP contribution in [0, 0.1) is 0 Å². The van der Waals surface area contributed by atoms with Crippen LogP contribution in [0.4, 0.5) is 4.39 Å². The highest BCUT2D eigenvalue weighted by Gasteiger charge is 2.52. The standard InChI is InChI=1S/C34H37FO15/c1-14-27(40)32(45)26(35)33(49-14)50-18-12-34(46,19(36)13-48-21(39)10-5-3-4-9-20(37)38)11-16-23(18)31(44)25-24(29(16)42)28(41)15-7-6-8-17(47-2)22(15)30(25)43/h6-8,14,18,26-27,32-33,40,42,44-46H,3-5,9-13H2,1-2H3,(H,37,38)/t14?,18-,26?,27?,32?,33?,34-/m0/s1. The number of unbranched alkanes of at least 4 members (excludes halogenated alkanes) is 2. The molecule has 7 atom stereocenters. The normalized spacial score (nSPS) is 27.2. The minimum atomic E-state index is -2.52. The summed E-state index contributed by atoms with van der Waals surface area (Å²) in [4.78, 5) is 64.0. The number of fused-ring (bicyclic) bond motifs is 3. The van der Waals surface area contributed by atoms with Crippen LogP contribution in [0.2, 0.25) is 0 Å². The number of ether oxygens (including phenoxy) is 4. The number of rotatable bonds is 12. The lowest BCUT2D eigenvalue weighted by Gasteiger charge is -2.43. The van der Waals surface area contributed by atoms with Crippen molar-refractivity contribution in [3.8, 4) is 17.2 Å². The lowest BCUT2D eigenvalue weighted by molar-refractivity contribution is -0.294.